The number of nitrogens with zero attached hydrogens (tertiary/aromatic N) is 2. The first kappa shape index (κ1) is 18.0. The third kappa shape index (κ3) is 7.11. The zero-order chi connectivity index (χ0) is 16.4. The van der Waals surface area contributed by atoms with E-state index in [0.717, 1.165) is 17.9 Å². The van der Waals surface area contributed by atoms with Crippen molar-refractivity contribution in [3.05, 3.63) is 36.5 Å². The van der Waals surface area contributed by atoms with Crippen molar-refractivity contribution in [2.24, 2.45) is 10.9 Å². The monoisotopic (exact) mass is 304 g/mol. The summed E-state index contributed by atoms with van der Waals surface area (Å²) in [7, 11) is 1.74. The van der Waals surface area contributed by atoms with Gasteiger partial charge in [-0.05, 0) is 30.9 Å². The molecule has 0 radical (unpaired) electrons. The Morgan fingerprint density at radius 1 is 1.41 bits per heavy atom. The molecule has 0 spiro atoms. The van der Waals surface area contributed by atoms with Crippen LogP contribution < -0.4 is 15.4 Å². The second-order valence-corrected chi connectivity index (χ2v) is 5.66. The minimum Gasteiger partial charge on any atom is -0.475 e. The number of aromatic nitrogens is 1. The average Bonchev–Trinajstić information content (AvgIpc) is 2.47. The Morgan fingerprint density at radius 3 is 2.82 bits per heavy atom. The molecule has 0 bridgehead atoms. The molecule has 0 saturated carbocycles. The molecular formula is C17H28N4O. The first-order valence-corrected chi connectivity index (χ1v) is 7.72. The summed E-state index contributed by atoms with van der Waals surface area (Å²) in [6.07, 6.45) is 4.75. The van der Waals surface area contributed by atoms with E-state index in [0.29, 0.717) is 24.9 Å². The summed E-state index contributed by atoms with van der Waals surface area (Å²) in [6, 6.07) is 3.93. The number of guanidine groups is 1. The Kier molecular flexibility index (Phi) is 8.04. The van der Waals surface area contributed by atoms with Gasteiger partial charge in [0.2, 0.25) is 5.88 Å². The van der Waals surface area contributed by atoms with Gasteiger partial charge in [-0.3, -0.25) is 4.99 Å². The molecule has 0 aliphatic heterocycles. The number of ether oxygens (including phenoxy) is 1. The molecular weight excluding hydrogens is 276 g/mol. The van der Waals surface area contributed by atoms with Gasteiger partial charge in [0, 0.05) is 32.4 Å². The fourth-order valence-electron chi connectivity index (χ4n) is 2.12. The van der Waals surface area contributed by atoms with Crippen molar-refractivity contribution >= 4 is 5.96 Å². The van der Waals surface area contributed by atoms with Crippen molar-refractivity contribution in [3.63, 3.8) is 0 Å². The highest BCUT2D eigenvalue weighted by Gasteiger charge is 2.08. The van der Waals surface area contributed by atoms with Gasteiger partial charge in [0.1, 0.15) is 0 Å². The SMILES string of the molecule is C=CCNC(=NC)NCc1ccnc(OC(C)CC(C)C)c1. The van der Waals surface area contributed by atoms with E-state index >= 15 is 0 Å². The van der Waals surface area contributed by atoms with Crippen LogP contribution in [-0.2, 0) is 6.54 Å². The molecule has 5 nitrogen and oxygen atoms in total. The summed E-state index contributed by atoms with van der Waals surface area (Å²) in [6.45, 7) is 11.5. The lowest BCUT2D eigenvalue weighted by molar-refractivity contribution is 0.185. The second kappa shape index (κ2) is 9.82. The normalized spacial score (nSPS) is 12.9. The van der Waals surface area contributed by atoms with Crippen LogP contribution in [-0.4, -0.2) is 30.6 Å². The first-order valence-electron chi connectivity index (χ1n) is 7.72. The Bertz CT molecular complexity index is 485. The average molecular weight is 304 g/mol. The summed E-state index contributed by atoms with van der Waals surface area (Å²) in [5.41, 5.74) is 1.10. The Morgan fingerprint density at radius 2 is 2.18 bits per heavy atom. The maximum Gasteiger partial charge on any atom is 0.213 e. The molecule has 0 fully saturated rings. The van der Waals surface area contributed by atoms with E-state index in [1.807, 2.05) is 12.1 Å². The molecule has 1 aromatic heterocycles. The first-order chi connectivity index (χ1) is 10.5. The zero-order valence-electron chi connectivity index (χ0n) is 14.1. The van der Waals surface area contributed by atoms with Gasteiger partial charge in [-0.2, -0.15) is 0 Å². The highest BCUT2D eigenvalue weighted by molar-refractivity contribution is 5.79. The van der Waals surface area contributed by atoms with E-state index in [9.17, 15) is 0 Å². The summed E-state index contributed by atoms with van der Waals surface area (Å²) in [5.74, 6) is 2.02. The van der Waals surface area contributed by atoms with Crippen LogP contribution in [0.1, 0.15) is 32.8 Å². The zero-order valence-corrected chi connectivity index (χ0v) is 14.1. The largest absolute Gasteiger partial charge is 0.475 e. The topological polar surface area (TPSA) is 58.5 Å². The number of nitrogens with one attached hydrogen (secondary N) is 2. The van der Waals surface area contributed by atoms with Crippen LogP contribution in [0.3, 0.4) is 0 Å². The fraction of sp³-hybridized carbons (Fsp3) is 0.529. The molecule has 0 amide bonds. The van der Waals surface area contributed by atoms with E-state index in [2.05, 4.69) is 48.0 Å². The molecule has 0 aromatic carbocycles. The minimum absolute atomic E-state index is 0.165. The smallest absolute Gasteiger partial charge is 0.213 e. The fourth-order valence-corrected chi connectivity index (χ4v) is 2.12. The van der Waals surface area contributed by atoms with Crippen molar-refractivity contribution < 1.29 is 4.74 Å². The van der Waals surface area contributed by atoms with Gasteiger partial charge >= 0.3 is 0 Å². The highest BCUT2D eigenvalue weighted by atomic mass is 16.5. The molecule has 2 N–H and O–H groups in total. The molecule has 1 atom stereocenters. The van der Waals surface area contributed by atoms with E-state index in [1.165, 1.54) is 0 Å². The quantitative estimate of drug-likeness (QED) is 0.440. The number of hydrogen-bond donors (Lipinski definition) is 2. The number of rotatable bonds is 8. The lowest BCUT2D eigenvalue weighted by Gasteiger charge is -2.16. The molecule has 0 saturated heterocycles. The Labute approximate surface area is 133 Å². The third-order valence-corrected chi connectivity index (χ3v) is 3.02. The van der Waals surface area contributed by atoms with Gasteiger partial charge < -0.3 is 15.4 Å². The molecule has 122 valence electrons. The maximum absolute atomic E-state index is 5.87. The highest BCUT2D eigenvalue weighted by Crippen LogP contribution is 2.14. The molecule has 0 aliphatic carbocycles. The van der Waals surface area contributed by atoms with Crippen LogP contribution in [0, 0.1) is 5.92 Å². The molecule has 1 aromatic rings. The van der Waals surface area contributed by atoms with Crippen LogP contribution in [0.25, 0.3) is 0 Å². The molecule has 0 aliphatic rings. The molecule has 22 heavy (non-hydrogen) atoms. The van der Waals surface area contributed by atoms with Crippen molar-refractivity contribution in [1.29, 1.82) is 0 Å². The summed E-state index contributed by atoms with van der Waals surface area (Å²) < 4.78 is 5.87. The standard InChI is InChI=1S/C17H28N4O/c1-6-8-20-17(18-5)21-12-15-7-9-19-16(11-15)22-14(4)10-13(2)3/h6-7,9,11,13-14H,1,8,10,12H2,2-5H3,(H2,18,20,21). The summed E-state index contributed by atoms with van der Waals surface area (Å²) in [4.78, 5) is 8.42. The Hall–Kier alpha value is -2.04. The van der Waals surface area contributed by atoms with Gasteiger partial charge in [0.15, 0.2) is 5.96 Å². The van der Waals surface area contributed by atoms with E-state index in [-0.39, 0.29) is 6.10 Å². The predicted molar refractivity (Wildman–Crippen MR) is 92.2 cm³/mol. The van der Waals surface area contributed by atoms with Gasteiger partial charge in [0.05, 0.1) is 6.10 Å². The van der Waals surface area contributed by atoms with Crippen LogP contribution in [0.4, 0.5) is 0 Å². The number of aliphatic imine (C=N–C) groups is 1. The number of hydrogen-bond acceptors (Lipinski definition) is 3. The van der Waals surface area contributed by atoms with E-state index in [4.69, 9.17) is 4.74 Å². The third-order valence-electron chi connectivity index (χ3n) is 3.02. The van der Waals surface area contributed by atoms with Crippen molar-refractivity contribution in [1.82, 2.24) is 15.6 Å². The molecule has 1 unspecified atom stereocenters. The van der Waals surface area contributed by atoms with Crippen LogP contribution in [0.15, 0.2) is 36.0 Å². The van der Waals surface area contributed by atoms with Crippen LogP contribution in [0.2, 0.25) is 0 Å². The van der Waals surface area contributed by atoms with Crippen LogP contribution >= 0.6 is 0 Å². The van der Waals surface area contributed by atoms with Crippen molar-refractivity contribution in [2.45, 2.75) is 39.8 Å². The predicted octanol–water partition coefficient (Wildman–Crippen LogP) is 2.75. The minimum atomic E-state index is 0.165. The van der Waals surface area contributed by atoms with Crippen LogP contribution in [0.5, 0.6) is 5.88 Å². The van der Waals surface area contributed by atoms with E-state index in [1.54, 1.807) is 19.3 Å². The van der Waals surface area contributed by atoms with Crippen molar-refractivity contribution in [3.8, 4) is 5.88 Å². The molecule has 1 heterocycles. The van der Waals surface area contributed by atoms with Gasteiger partial charge in [-0.15, -0.1) is 6.58 Å². The maximum atomic E-state index is 5.87. The van der Waals surface area contributed by atoms with E-state index < -0.39 is 0 Å². The summed E-state index contributed by atoms with van der Waals surface area (Å²) >= 11 is 0. The Balaban J connectivity index is 2.55. The number of pyridine rings is 1. The summed E-state index contributed by atoms with van der Waals surface area (Å²) in [5, 5.41) is 6.37. The molecule has 5 heteroatoms. The van der Waals surface area contributed by atoms with Crippen molar-refractivity contribution in [2.75, 3.05) is 13.6 Å². The second-order valence-electron chi connectivity index (χ2n) is 5.66. The lowest BCUT2D eigenvalue weighted by Crippen LogP contribution is -2.36. The van der Waals surface area contributed by atoms with Gasteiger partial charge in [-0.25, -0.2) is 4.98 Å². The van der Waals surface area contributed by atoms with Gasteiger partial charge in [-0.1, -0.05) is 19.9 Å². The lowest BCUT2D eigenvalue weighted by atomic mass is 10.1. The molecule has 1 rings (SSSR count). The van der Waals surface area contributed by atoms with Gasteiger partial charge in [0.25, 0.3) is 0 Å².